The van der Waals surface area contributed by atoms with Crippen molar-refractivity contribution in [3.05, 3.63) is 46.0 Å². The number of anilines is 1. The molecule has 27 heavy (non-hydrogen) atoms. The molecule has 1 aromatic carbocycles. The molecule has 1 aliphatic rings. The molecular weight excluding hydrogens is 364 g/mol. The highest BCUT2D eigenvalue weighted by atomic mass is 32.1. The second-order valence-corrected chi connectivity index (χ2v) is 7.56. The molecule has 2 amide bonds. The summed E-state index contributed by atoms with van der Waals surface area (Å²) < 4.78 is 11.3. The van der Waals surface area contributed by atoms with E-state index in [9.17, 15) is 9.59 Å². The molecule has 3 N–H and O–H groups in total. The lowest BCUT2D eigenvalue weighted by molar-refractivity contribution is 0.0999. The number of nitrogens with one attached hydrogen (secondary N) is 1. The van der Waals surface area contributed by atoms with Gasteiger partial charge in [-0.15, -0.1) is 11.3 Å². The topological polar surface area (TPSA) is 94.6 Å². The monoisotopic (exact) mass is 384 g/mol. The van der Waals surface area contributed by atoms with Crippen molar-refractivity contribution in [2.24, 2.45) is 5.73 Å². The number of hydrogen-bond acceptors (Lipinski definition) is 5. The lowest BCUT2D eigenvalue weighted by Gasteiger charge is -2.11. The predicted molar refractivity (Wildman–Crippen MR) is 105 cm³/mol. The molecule has 0 spiro atoms. The number of fused-ring (bicyclic) bond motifs is 2. The van der Waals surface area contributed by atoms with Crippen LogP contribution in [0.5, 0.6) is 5.75 Å². The third-order valence-corrected chi connectivity index (χ3v) is 5.88. The van der Waals surface area contributed by atoms with E-state index in [4.69, 9.17) is 14.9 Å². The van der Waals surface area contributed by atoms with Crippen LogP contribution in [0.15, 0.2) is 28.7 Å². The first-order valence-electron chi connectivity index (χ1n) is 8.99. The summed E-state index contributed by atoms with van der Waals surface area (Å²) in [4.78, 5) is 25.9. The van der Waals surface area contributed by atoms with E-state index in [1.807, 2.05) is 19.1 Å². The molecule has 0 aliphatic heterocycles. The minimum atomic E-state index is -0.507. The van der Waals surface area contributed by atoms with E-state index < -0.39 is 11.8 Å². The Morgan fingerprint density at radius 1 is 1.30 bits per heavy atom. The molecule has 0 fully saturated rings. The van der Waals surface area contributed by atoms with Crippen LogP contribution in [0.25, 0.3) is 11.0 Å². The highest BCUT2D eigenvalue weighted by molar-refractivity contribution is 7.17. The molecule has 2 aromatic heterocycles. The molecule has 3 aromatic rings. The minimum absolute atomic E-state index is 0.166. The number of carbonyl (C=O) groups is 2. The number of benzene rings is 1. The second kappa shape index (κ2) is 7.08. The van der Waals surface area contributed by atoms with Gasteiger partial charge in [-0.05, 0) is 50.3 Å². The molecule has 2 heterocycles. The number of para-hydroxylation sites is 1. The Labute approximate surface area is 160 Å². The molecule has 0 radical (unpaired) electrons. The summed E-state index contributed by atoms with van der Waals surface area (Å²) in [5.41, 5.74) is 7.54. The standard InChI is InChI=1S/C20H20N2O4S/c1-2-25-13-8-5-6-11-10-14(26-17(11)13)19(24)22-20-16(18(21)23)12-7-3-4-9-15(12)27-20/h5-6,8,10H,2-4,7,9H2,1H3,(H2,21,23)(H,22,24). The van der Waals surface area contributed by atoms with Gasteiger partial charge in [0.15, 0.2) is 17.1 Å². The van der Waals surface area contributed by atoms with Crippen LogP contribution in [-0.4, -0.2) is 18.4 Å². The Hall–Kier alpha value is -2.80. The first kappa shape index (κ1) is 17.6. The van der Waals surface area contributed by atoms with Crippen molar-refractivity contribution < 1.29 is 18.7 Å². The van der Waals surface area contributed by atoms with Crippen LogP contribution in [0.3, 0.4) is 0 Å². The number of primary amides is 1. The first-order chi connectivity index (χ1) is 13.1. The summed E-state index contributed by atoms with van der Waals surface area (Å²) >= 11 is 1.43. The number of hydrogen-bond donors (Lipinski definition) is 2. The number of aryl methyl sites for hydroxylation is 1. The van der Waals surface area contributed by atoms with Crippen molar-refractivity contribution in [3.8, 4) is 5.75 Å². The van der Waals surface area contributed by atoms with Gasteiger partial charge in [0.1, 0.15) is 5.00 Å². The average molecular weight is 384 g/mol. The van der Waals surface area contributed by atoms with E-state index in [-0.39, 0.29) is 5.76 Å². The van der Waals surface area contributed by atoms with E-state index in [2.05, 4.69) is 5.32 Å². The third kappa shape index (κ3) is 3.19. The number of ether oxygens (including phenoxy) is 1. The molecule has 1 aliphatic carbocycles. The normalized spacial score (nSPS) is 13.4. The van der Waals surface area contributed by atoms with Crippen LogP contribution in [-0.2, 0) is 12.8 Å². The number of carbonyl (C=O) groups excluding carboxylic acids is 2. The molecule has 4 rings (SSSR count). The minimum Gasteiger partial charge on any atom is -0.490 e. The highest BCUT2D eigenvalue weighted by Crippen LogP contribution is 2.38. The number of furan rings is 1. The number of rotatable bonds is 5. The molecule has 0 atom stereocenters. The molecule has 0 saturated heterocycles. The summed E-state index contributed by atoms with van der Waals surface area (Å²) in [5, 5.41) is 4.11. The fraction of sp³-hybridized carbons (Fsp3) is 0.300. The maximum atomic E-state index is 12.7. The zero-order chi connectivity index (χ0) is 19.0. The van der Waals surface area contributed by atoms with Crippen molar-refractivity contribution in [1.29, 1.82) is 0 Å². The van der Waals surface area contributed by atoms with Gasteiger partial charge in [0.2, 0.25) is 0 Å². The number of amides is 2. The zero-order valence-corrected chi connectivity index (χ0v) is 15.8. The lowest BCUT2D eigenvalue weighted by Crippen LogP contribution is -2.18. The van der Waals surface area contributed by atoms with E-state index in [1.165, 1.54) is 11.3 Å². The van der Waals surface area contributed by atoms with E-state index in [1.54, 1.807) is 12.1 Å². The Balaban J connectivity index is 1.67. The summed E-state index contributed by atoms with van der Waals surface area (Å²) in [5.74, 6) is -0.153. The van der Waals surface area contributed by atoms with E-state index in [0.29, 0.717) is 28.5 Å². The zero-order valence-electron chi connectivity index (χ0n) is 15.0. The van der Waals surface area contributed by atoms with Gasteiger partial charge in [0, 0.05) is 10.3 Å². The smallest absolute Gasteiger partial charge is 0.292 e. The van der Waals surface area contributed by atoms with Gasteiger partial charge < -0.3 is 20.2 Å². The van der Waals surface area contributed by atoms with Gasteiger partial charge in [0.25, 0.3) is 11.8 Å². The molecule has 7 heteroatoms. The first-order valence-corrected chi connectivity index (χ1v) is 9.81. The molecule has 0 bridgehead atoms. The van der Waals surface area contributed by atoms with Crippen molar-refractivity contribution in [2.45, 2.75) is 32.6 Å². The maximum Gasteiger partial charge on any atom is 0.292 e. The van der Waals surface area contributed by atoms with Gasteiger partial charge in [-0.3, -0.25) is 9.59 Å². The fourth-order valence-electron chi connectivity index (χ4n) is 3.50. The second-order valence-electron chi connectivity index (χ2n) is 6.45. The quantitative estimate of drug-likeness (QED) is 0.692. The van der Waals surface area contributed by atoms with Gasteiger partial charge in [-0.2, -0.15) is 0 Å². The maximum absolute atomic E-state index is 12.7. The Morgan fingerprint density at radius 2 is 2.11 bits per heavy atom. The largest absolute Gasteiger partial charge is 0.490 e. The number of nitrogens with two attached hydrogens (primary N) is 1. The Bertz CT molecular complexity index is 1030. The van der Waals surface area contributed by atoms with Crippen LogP contribution >= 0.6 is 11.3 Å². The predicted octanol–water partition coefficient (Wildman–Crippen LogP) is 4.12. The van der Waals surface area contributed by atoms with Crippen molar-refractivity contribution >= 4 is 39.1 Å². The van der Waals surface area contributed by atoms with Crippen LogP contribution in [0, 0.1) is 0 Å². The van der Waals surface area contributed by atoms with Gasteiger partial charge >= 0.3 is 0 Å². The van der Waals surface area contributed by atoms with E-state index >= 15 is 0 Å². The summed E-state index contributed by atoms with van der Waals surface area (Å²) in [6, 6.07) is 7.18. The van der Waals surface area contributed by atoms with Crippen molar-refractivity contribution in [1.82, 2.24) is 0 Å². The van der Waals surface area contributed by atoms with Crippen molar-refractivity contribution in [2.75, 3.05) is 11.9 Å². The Kier molecular flexibility index (Phi) is 4.61. The van der Waals surface area contributed by atoms with E-state index in [0.717, 1.165) is 41.5 Å². The summed E-state index contributed by atoms with van der Waals surface area (Å²) in [7, 11) is 0. The highest BCUT2D eigenvalue weighted by Gasteiger charge is 2.26. The average Bonchev–Trinajstić information content (AvgIpc) is 3.23. The molecule has 0 unspecified atom stereocenters. The van der Waals surface area contributed by atoms with Crippen molar-refractivity contribution in [3.63, 3.8) is 0 Å². The number of thiophene rings is 1. The fourth-order valence-corrected chi connectivity index (χ4v) is 4.79. The summed E-state index contributed by atoms with van der Waals surface area (Å²) in [6.45, 7) is 2.39. The van der Waals surface area contributed by atoms with Gasteiger partial charge in [-0.1, -0.05) is 12.1 Å². The molecule has 6 nitrogen and oxygen atoms in total. The lowest BCUT2D eigenvalue weighted by atomic mass is 9.95. The third-order valence-electron chi connectivity index (χ3n) is 4.68. The van der Waals surface area contributed by atoms with Gasteiger partial charge in [0.05, 0.1) is 12.2 Å². The van der Waals surface area contributed by atoms with Crippen LogP contribution in [0.4, 0.5) is 5.00 Å². The summed E-state index contributed by atoms with van der Waals surface area (Å²) in [6.07, 6.45) is 3.85. The Morgan fingerprint density at radius 3 is 2.89 bits per heavy atom. The van der Waals surface area contributed by atoms with Crippen LogP contribution in [0.2, 0.25) is 0 Å². The van der Waals surface area contributed by atoms with Gasteiger partial charge in [-0.25, -0.2) is 0 Å². The molecule has 0 saturated carbocycles. The van der Waals surface area contributed by atoms with Crippen LogP contribution < -0.4 is 15.8 Å². The SMILES string of the molecule is CCOc1cccc2cc(C(=O)Nc3sc4c(c3C(N)=O)CCCC4)oc12. The molecule has 140 valence electrons. The molecular formula is C20H20N2O4S. The van der Waals surface area contributed by atoms with Crippen LogP contribution in [0.1, 0.15) is 51.1 Å².